The van der Waals surface area contributed by atoms with Gasteiger partial charge in [0.1, 0.15) is 0 Å². The number of morpholine rings is 1. The van der Waals surface area contributed by atoms with E-state index in [0.717, 1.165) is 43.4 Å². The lowest BCUT2D eigenvalue weighted by molar-refractivity contribution is 0.122. The zero-order valence-electron chi connectivity index (χ0n) is 9.19. The van der Waals surface area contributed by atoms with Crippen molar-refractivity contribution in [3.05, 3.63) is 17.8 Å². The lowest BCUT2D eigenvalue weighted by Crippen LogP contribution is -2.37. The van der Waals surface area contributed by atoms with E-state index in [4.69, 9.17) is 9.47 Å². The Labute approximate surface area is 89.8 Å². The molecule has 4 nitrogen and oxygen atoms in total. The Kier molecular flexibility index (Phi) is 3.06. The molecule has 0 aromatic carbocycles. The van der Waals surface area contributed by atoms with Crippen LogP contribution in [0.5, 0.6) is 5.75 Å². The first-order valence-electron chi connectivity index (χ1n) is 5.14. The van der Waals surface area contributed by atoms with E-state index in [-0.39, 0.29) is 0 Å². The summed E-state index contributed by atoms with van der Waals surface area (Å²) in [7, 11) is 1.68. The minimum absolute atomic E-state index is 0.763. The minimum atomic E-state index is 0.763. The molecule has 15 heavy (non-hydrogen) atoms. The van der Waals surface area contributed by atoms with Gasteiger partial charge in [0, 0.05) is 19.3 Å². The molecule has 1 fully saturated rings. The normalized spacial score (nSPS) is 16.5. The van der Waals surface area contributed by atoms with Gasteiger partial charge in [0.15, 0.2) is 11.6 Å². The molecule has 0 aliphatic carbocycles. The van der Waals surface area contributed by atoms with Crippen LogP contribution in [0.15, 0.2) is 12.3 Å². The molecular formula is C11H16N2O2. The van der Waals surface area contributed by atoms with E-state index >= 15 is 0 Å². The van der Waals surface area contributed by atoms with Gasteiger partial charge in [-0.2, -0.15) is 0 Å². The quantitative estimate of drug-likeness (QED) is 0.732. The predicted molar refractivity (Wildman–Crippen MR) is 58.6 cm³/mol. The van der Waals surface area contributed by atoms with Crippen LogP contribution in [-0.4, -0.2) is 38.4 Å². The summed E-state index contributed by atoms with van der Waals surface area (Å²) in [6, 6.07) is 2.01. The Bertz CT molecular complexity index is 335. The van der Waals surface area contributed by atoms with Gasteiger partial charge in [-0.15, -0.1) is 0 Å². The Morgan fingerprint density at radius 1 is 1.40 bits per heavy atom. The SMILES string of the molecule is COc1cc(C)cnc1N1CCOCC1. The maximum absolute atomic E-state index is 5.33. The molecule has 0 radical (unpaired) electrons. The summed E-state index contributed by atoms with van der Waals surface area (Å²) in [5.41, 5.74) is 1.11. The molecule has 1 aromatic rings. The van der Waals surface area contributed by atoms with Crippen LogP contribution in [0.4, 0.5) is 5.82 Å². The maximum Gasteiger partial charge on any atom is 0.171 e. The molecule has 82 valence electrons. The molecule has 1 saturated heterocycles. The number of hydrogen-bond donors (Lipinski definition) is 0. The first-order chi connectivity index (χ1) is 7.31. The summed E-state index contributed by atoms with van der Waals surface area (Å²) < 4.78 is 10.6. The van der Waals surface area contributed by atoms with Crippen LogP contribution in [0.25, 0.3) is 0 Å². The van der Waals surface area contributed by atoms with E-state index in [1.54, 1.807) is 7.11 Å². The molecule has 2 rings (SSSR count). The van der Waals surface area contributed by atoms with Gasteiger partial charge >= 0.3 is 0 Å². The van der Waals surface area contributed by atoms with Gasteiger partial charge in [0.25, 0.3) is 0 Å². The number of nitrogens with zero attached hydrogens (tertiary/aromatic N) is 2. The summed E-state index contributed by atoms with van der Waals surface area (Å²) in [6.07, 6.45) is 1.87. The number of ether oxygens (including phenoxy) is 2. The van der Waals surface area contributed by atoms with Crippen LogP contribution in [0.1, 0.15) is 5.56 Å². The van der Waals surface area contributed by atoms with Gasteiger partial charge in [0.2, 0.25) is 0 Å². The van der Waals surface area contributed by atoms with Crippen LogP contribution in [0.2, 0.25) is 0 Å². The largest absolute Gasteiger partial charge is 0.493 e. The number of hydrogen-bond acceptors (Lipinski definition) is 4. The van der Waals surface area contributed by atoms with Crippen LogP contribution < -0.4 is 9.64 Å². The first kappa shape index (κ1) is 10.2. The second kappa shape index (κ2) is 4.49. The van der Waals surface area contributed by atoms with Crippen molar-refractivity contribution in [2.75, 3.05) is 38.3 Å². The third kappa shape index (κ3) is 2.21. The highest BCUT2D eigenvalue weighted by Gasteiger charge is 2.16. The predicted octanol–water partition coefficient (Wildman–Crippen LogP) is 1.24. The summed E-state index contributed by atoms with van der Waals surface area (Å²) in [4.78, 5) is 6.61. The van der Waals surface area contributed by atoms with Gasteiger partial charge in [-0.25, -0.2) is 4.98 Å². The van der Waals surface area contributed by atoms with E-state index in [1.165, 1.54) is 0 Å². The molecule has 0 atom stereocenters. The molecule has 1 aliphatic heterocycles. The highest BCUT2D eigenvalue weighted by molar-refractivity contribution is 5.53. The molecule has 1 aromatic heterocycles. The highest BCUT2D eigenvalue weighted by Crippen LogP contribution is 2.26. The number of aromatic nitrogens is 1. The zero-order valence-corrected chi connectivity index (χ0v) is 9.19. The smallest absolute Gasteiger partial charge is 0.171 e. The number of pyridine rings is 1. The van der Waals surface area contributed by atoms with Crippen molar-refractivity contribution in [2.24, 2.45) is 0 Å². The fraction of sp³-hybridized carbons (Fsp3) is 0.545. The third-order valence-electron chi connectivity index (χ3n) is 2.50. The Morgan fingerprint density at radius 2 is 2.13 bits per heavy atom. The van der Waals surface area contributed by atoms with Crippen molar-refractivity contribution in [3.63, 3.8) is 0 Å². The first-order valence-corrected chi connectivity index (χ1v) is 5.14. The number of methoxy groups -OCH3 is 1. The Balaban J connectivity index is 2.25. The molecule has 0 amide bonds. The van der Waals surface area contributed by atoms with Crippen molar-refractivity contribution >= 4 is 5.82 Å². The van der Waals surface area contributed by atoms with E-state index < -0.39 is 0 Å². The van der Waals surface area contributed by atoms with Crippen LogP contribution in [-0.2, 0) is 4.74 Å². The molecule has 0 spiro atoms. The summed E-state index contributed by atoms with van der Waals surface area (Å²) >= 11 is 0. The molecule has 4 heteroatoms. The Hall–Kier alpha value is -1.29. The van der Waals surface area contributed by atoms with Crippen molar-refractivity contribution in [2.45, 2.75) is 6.92 Å². The topological polar surface area (TPSA) is 34.6 Å². The van der Waals surface area contributed by atoms with Gasteiger partial charge in [0.05, 0.1) is 20.3 Å². The fourth-order valence-electron chi connectivity index (χ4n) is 1.70. The summed E-state index contributed by atoms with van der Waals surface area (Å²) in [5, 5.41) is 0. The molecule has 0 bridgehead atoms. The van der Waals surface area contributed by atoms with Crippen molar-refractivity contribution in [3.8, 4) is 5.75 Å². The Morgan fingerprint density at radius 3 is 2.80 bits per heavy atom. The number of rotatable bonds is 2. The number of anilines is 1. The third-order valence-corrected chi connectivity index (χ3v) is 2.50. The maximum atomic E-state index is 5.33. The molecule has 0 N–H and O–H groups in total. The van der Waals surface area contributed by atoms with Gasteiger partial charge in [-0.1, -0.05) is 0 Å². The van der Waals surface area contributed by atoms with E-state index in [2.05, 4.69) is 9.88 Å². The molecule has 1 aliphatic rings. The molecule has 0 unspecified atom stereocenters. The van der Waals surface area contributed by atoms with Gasteiger partial charge in [-0.05, 0) is 18.6 Å². The highest BCUT2D eigenvalue weighted by atomic mass is 16.5. The van der Waals surface area contributed by atoms with Gasteiger partial charge < -0.3 is 14.4 Å². The van der Waals surface area contributed by atoms with Gasteiger partial charge in [-0.3, -0.25) is 0 Å². The van der Waals surface area contributed by atoms with E-state index in [1.807, 2.05) is 19.2 Å². The van der Waals surface area contributed by atoms with Crippen LogP contribution in [0, 0.1) is 6.92 Å². The average Bonchev–Trinajstić information content (AvgIpc) is 2.30. The second-order valence-electron chi connectivity index (χ2n) is 3.64. The minimum Gasteiger partial charge on any atom is -0.493 e. The van der Waals surface area contributed by atoms with E-state index in [0.29, 0.717) is 0 Å². The zero-order chi connectivity index (χ0) is 10.7. The van der Waals surface area contributed by atoms with Crippen LogP contribution >= 0.6 is 0 Å². The molecule has 2 heterocycles. The second-order valence-corrected chi connectivity index (χ2v) is 3.64. The number of aryl methyl sites for hydroxylation is 1. The van der Waals surface area contributed by atoms with Crippen molar-refractivity contribution in [1.82, 2.24) is 4.98 Å². The standard InChI is InChI=1S/C11H16N2O2/c1-9-7-10(14-2)11(12-8-9)13-3-5-15-6-4-13/h7-8H,3-6H2,1-2H3. The average molecular weight is 208 g/mol. The lowest BCUT2D eigenvalue weighted by Gasteiger charge is -2.28. The van der Waals surface area contributed by atoms with Crippen molar-refractivity contribution < 1.29 is 9.47 Å². The van der Waals surface area contributed by atoms with E-state index in [9.17, 15) is 0 Å². The summed E-state index contributed by atoms with van der Waals surface area (Å²) in [6.45, 7) is 5.30. The van der Waals surface area contributed by atoms with Crippen LogP contribution in [0.3, 0.4) is 0 Å². The molecule has 0 saturated carbocycles. The lowest BCUT2D eigenvalue weighted by atomic mass is 10.3. The monoisotopic (exact) mass is 208 g/mol. The fourth-order valence-corrected chi connectivity index (χ4v) is 1.70. The summed E-state index contributed by atoms with van der Waals surface area (Å²) in [5.74, 6) is 1.77. The molecular weight excluding hydrogens is 192 g/mol. The van der Waals surface area contributed by atoms with Crippen molar-refractivity contribution in [1.29, 1.82) is 0 Å².